The molecule has 0 aliphatic rings. The van der Waals surface area contributed by atoms with E-state index in [4.69, 9.17) is 16.2 Å². The van der Waals surface area contributed by atoms with Crippen LogP contribution in [0.2, 0.25) is 0 Å². The lowest BCUT2D eigenvalue weighted by Crippen LogP contribution is -2.38. The molecule has 17 heavy (non-hydrogen) atoms. The number of nitrogens with one attached hydrogen (secondary N) is 1. The van der Waals surface area contributed by atoms with Gasteiger partial charge in [-0.1, -0.05) is 30.3 Å². The SMILES string of the molecule is NC(=O)NC(=O)OC[C@@H](N)Cc1ccccc1. The van der Waals surface area contributed by atoms with Crippen LogP contribution in [0.4, 0.5) is 9.59 Å². The molecule has 1 aromatic carbocycles. The Morgan fingerprint density at radius 1 is 1.29 bits per heavy atom. The lowest BCUT2D eigenvalue weighted by atomic mass is 10.1. The van der Waals surface area contributed by atoms with E-state index in [0.29, 0.717) is 6.42 Å². The molecule has 0 unspecified atom stereocenters. The molecule has 0 bridgehead atoms. The number of imide groups is 1. The van der Waals surface area contributed by atoms with Crippen molar-refractivity contribution in [2.45, 2.75) is 12.5 Å². The van der Waals surface area contributed by atoms with Crippen LogP contribution < -0.4 is 16.8 Å². The summed E-state index contributed by atoms with van der Waals surface area (Å²) in [6.45, 7) is 0.0218. The summed E-state index contributed by atoms with van der Waals surface area (Å²) in [7, 11) is 0. The fourth-order valence-corrected chi connectivity index (χ4v) is 1.30. The van der Waals surface area contributed by atoms with E-state index in [0.717, 1.165) is 5.56 Å². The zero-order valence-corrected chi connectivity index (χ0v) is 9.26. The number of alkyl carbamates (subject to hydrolysis) is 1. The number of rotatable bonds is 4. The highest BCUT2D eigenvalue weighted by Crippen LogP contribution is 2.01. The Morgan fingerprint density at radius 2 is 1.94 bits per heavy atom. The Hall–Kier alpha value is -2.08. The lowest BCUT2D eigenvalue weighted by Gasteiger charge is -2.11. The van der Waals surface area contributed by atoms with Crippen LogP contribution in [0.3, 0.4) is 0 Å². The van der Waals surface area contributed by atoms with Gasteiger partial charge < -0.3 is 16.2 Å². The summed E-state index contributed by atoms with van der Waals surface area (Å²) in [5, 5.41) is 1.78. The molecule has 92 valence electrons. The van der Waals surface area contributed by atoms with Crippen molar-refractivity contribution in [1.29, 1.82) is 0 Å². The monoisotopic (exact) mass is 237 g/mol. The minimum Gasteiger partial charge on any atom is -0.448 e. The number of hydrogen-bond donors (Lipinski definition) is 3. The molecule has 3 amide bonds. The molecule has 5 N–H and O–H groups in total. The van der Waals surface area contributed by atoms with E-state index in [2.05, 4.69) is 0 Å². The number of carbonyl (C=O) groups excluding carboxylic acids is 2. The van der Waals surface area contributed by atoms with Gasteiger partial charge in [0.05, 0.1) is 0 Å². The van der Waals surface area contributed by atoms with Gasteiger partial charge in [-0.25, -0.2) is 14.9 Å². The smallest absolute Gasteiger partial charge is 0.415 e. The van der Waals surface area contributed by atoms with Crippen LogP contribution in [0.15, 0.2) is 30.3 Å². The van der Waals surface area contributed by atoms with Gasteiger partial charge in [0.25, 0.3) is 0 Å². The fourth-order valence-electron chi connectivity index (χ4n) is 1.30. The van der Waals surface area contributed by atoms with Gasteiger partial charge in [0.1, 0.15) is 6.61 Å². The van der Waals surface area contributed by atoms with Crippen molar-refractivity contribution in [2.75, 3.05) is 6.61 Å². The highest BCUT2D eigenvalue weighted by Gasteiger charge is 2.09. The molecule has 0 aliphatic heterocycles. The summed E-state index contributed by atoms with van der Waals surface area (Å²) in [6.07, 6.45) is -0.300. The Balaban J connectivity index is 2.28. The lowest BCUT2D eigenvalue weighted by molar-refractivity contribution is 0.140. The molecule has 0 heterocycles. The van der Waals surface area contributed by atoms with Crippen LogP contribution >= 0.6 is 0 Å². The van der Waals surface area contributed by atoms with Crippen molar-refractivity contribution in [3.05, 3.63) is 35.9 Å². The number of hydrogen-bond acceptors (Lipinski definition) is 4. The van der Waals surface area contributed by atoms with Gasteiger partial charge in [-0.05, 0) is 12.0 Å². The third-order valence-corrected chi connectivity index (χ3v) is 1.99. The van der Waals surface area contributed by atoms with E-state index in [-0.39, 0.29) is 12.6 Å². The summed E-state index contributed by atoms with van der Waals surface area (Å²) < 4.78 is 4.71. The molecule has 0 fully saturated rings. The summed E-state index contributed by atoms with van der Waals surface area (Å²) in [6, 6.07) is 8.31. The normalized spacial score (nSPS) is 11.6. The second-order valence-corrected chi connectivity index (χ2v) is 3.54. The third kappa shape index (κ3) is 5.53. The van der Waals surface area contributed by atoms with Crippen LogP contribution in [-0.2, 0) is 11.2 Å². The average molecular weight is 237 g/mol. The molecule has 0 saturated carbocycles. The standard InChI is InChI=1S/C11H15N3O3/c12-9(6-8-4-2-1-3-5-8)7-17-11(16)14-10(13)15/h1-5,9H,6-7,12H2,(H3,13,14,15,16)/t9-/m0/s1. The maximum absolute atomic E-state index is 10.9. The van der Waals surface area contributed by atoms with E-state index < -0.39 is 12.1 Å². The van der Waals surface area contributed by atoms with Gasteiger partial charge in [-0.2, -0.15) is 0 Å². The molecule has 6 heteroatoms. The second-order valence-electron chi connectivity index (χ2n) is 3.54. The van der Waals surface area contributed by atoms with E-state index in [1.165, 1.54) is 0 Å². The quantitative estimate of drug-likeness (QED) is 0.702. The fraction of sp³-hybridized carbons (Fsp3) is 0.273. The highest BCUT2D eigenvalue weighted by molar-refractivity contribution is 5.89. The predicted octanol–water partition coefficient (Wildman–Crippen LogP) is 0.361. The summed E-state index contributed by atoms with van der Waals surface area (Å²) in [5.41, 5.74) is 11.6. The molecule has 1 atom stereocenters. The molecule has 0 radical (unpaired) electrons. The summed E-state index contributed by atoms with van der Waals surface area (Å²) >= 11 is 0. The van der Waals surface area contributed by atoms with Gasteiger partial charge in [0, 0.05) is 6.04 Å². The van der Waals surface area contributed by atoms with Crippen LogP contribution in [0.1, 0.15) is 5.56 Å². The first kappa shape index (κ1) is 13.0. The van der Waals surface area contributed by atoms with Crippen LogP contribution in [0.5, 0.6) is 0 Å². The largest absolute Gasteiger partial charge is 0.448 e. The van der Waals surface area contributed by atoms with Crippen LogP contribution in [0.25, 0.3) is 0 Å². The summed E-state index contributed by atoms with van der Waals surface area (Å²) in [5.74, 6) is 0. The minimum absolute atomic E-state index is 0.0218. The van der Waals surface area contributed by atoms with Crippen molar-refractivity contribution in [1.82, 2.24) is 5.32 Å². The number of amides is 3. The van der Waals surface area contributed by atoms with E-state index in [9.17, 15) is 9.59 Å². The van der Waals surface area contributed by atoms with Crippen LogP contribution in [-0.4, -0.2) is 24.8 Å². The molecule has 1 aromatic rings. The van der Waals surface area contributed by atoms with Crippen LogP contribution in [0, 0.1) is 0 Å². The zero-order chi connectivity index (χ0) is 12.7. The number of urea groups is 1. The van der Waals surface area contributed by atoms with Gasteiger partial charge in [-0.3, -0.25) is 0 Å². The number of nitrogens with two attached hydrogens (primary N) is 2. The van der Waals surface area contributed by atoms with Gasteiger partial charge in [0.2, 0.25) is 0 Å². The molecular weight excluding hydrogens is 222 g/mol. The van der Waals surface area contributed by atoms with Gasteiger partial charge >= 0.3 is 12.1 Å². The number of ether oxygens (including phenoxy) is 1. The van der Waals surface area contributed by atoms with Crippen molar-refractivity contribution in [3.63, 3.8) is 0 Å². The Labute approximate surface area is 98.9 Å². The number of carbonyl (C=O) groups is 2. The van der Waals surface area contributed by atoms with Crippen molar-refractivity contribution in [2.24, 2.45) is 11.5 Å². The first-order valence-corrected chi connectivity index (χ1v) is 5.10. The highest BCUT2D eigenvalue weighted by atomic mass is 16.5. The Kier molecular flexibility index (Phi) is 4.96. The first-order chi connectivity index (χ1) is 8.08. The maximum Gasteiger partial charge on any atom is 0.415 e. The number of benzene rings is 1. The summed E-state index contributed by atoms with van der Waals surface area (Å²) in [4.78, 5) is 21.2. The second kappa shape index (κ2) is 6.49. The minimum atomic E-state index is -0.952. The zero-order valence-electron chi connectivity index (χ0n) is 9.26. The number of primary amides is 1. The van der Waals surface area contributed by atoms with Crippen molar-refractivity contribution < 1.29 is 14.3 Å². The third-order valence-electron chi connectivity index (χ3n) is 1.99. The molecular formula is C11H15N3O3. The maximum atomic E-state index is 10.9. The van der Waals surface area contributed by atoms with Gasteiger partial charge in [-0.15, -0.1) is 0 Å². The molecule has 0 aromatic heterocycles. The van der Waals surface area contributed by atoms with Crippen molar-refractivity contribution in [3.8, 4) is 0 Å². The predicted molar refractivity (Wildman–Crippen MR) is 62.2 cm³/mol. The van der Waals surface area contributed by atoms with Crippen molar-refractivity contribution >= 4 is 12.1 Å². The Morgan fingerprint density at radius 3 is 2.53 bits per heavy atom. The van der Waals surface area contributed by atoms with E-state index in [1.54, 1.807) is 5.32 Å². The molecule has 0 saturated heterocycles. The van der Waals surface area contributed by atoms with E-state index in [1.807, 2.05) is 30.3 Å². The topological polar surface area (TPSA) is 107 Å². The van der Waals surface area contributed by atoms with Gasteiger partial charge in [0.15, 0.2) is 0 Å². The molecule has 0 aliphatic carbocycles. The van der Waals surface area contributed by atoms with E-state index >= 15 is 0 Å². The Bertz CT molecular complexity index is 381. The molecule has 0 spiro atoms. The first-order valence-electron chi connectivity index (χ1n) is 5.10. The molecule has 6 nitrogen and oxygen atoms in total. The molecule has 1 rings (SSSR count). The average Bonchev–Trinajstić information content (AvgIpc) is 2.27.